The molecule has 2 heterocycles. The Balaban J connectivity index is 2.29. The lowest BCUT2D eigenvalue weighted by molar-refractivity contribution is -0.0761. The summed E-state index contributed by atoms with van der Waals surface area (Å²) in [5.74, 6) is 2.37. The summed E-state index contributed by atoms with van der Waals surface area (Å²) >= 11 is 0. The van der Waals surface area contributed by atoms with Gasteiger partial charge >= 0.3 is 0 Å². The van der Waals surface area contributed by atoms with Crippen LogP contribution in [0.25, 0.3) is 0 Å². The number of hydrogen-bond donors (Lipinski definition) is 1. The van der Waals surface area contributed by atoms with Crippen molar-refractivity contribution in [3.63, 3.8) is 0 Å². The lowest BCUT2D eigenvalue weighted by Gasteiger charge is -2.32. The van der Waals surface area contributed by atoms with Crippen LogP contribution in [-0.4, -0.2) is 23.1 Å². The maximum atomic E-state index is 6.02. The van der Waals surface area contributed by atoms with Gasteiger partial charge < -0.3 is 10.1 Å². The second-order valence-electron chi connectivity index (χ2n) is 6.63. The monoisotopic (exact) mass is 291 g/mol. The van der Waals surface area contributed by atoms with Gasteiger partial charge in [-0.1, -0.05) is 20.8 Å². The van der Waals surface area contributed by atoms with Gasteiger partial charge in [0.25, 0.3) is 0 Å². The summed E-state index contributed by atoms with van der Waals surface area (Å²) in [6.45, 7) is 10.5. The number of aromatic nitrogens is 2. The van der Waals surface area contributed by atoms with E-state index in [0.717, 1.165) is 56.2 Å². The topological polar surface area (TPSA) is 47.0 Å². The Bertz CT molecular complexity index is 453. The highest BCUT2D eigenvalue weighted by Crippen LogP contribution is 2.33. The van der Waals surface area contributed by atoms with Crippen molar-refractivity contribution >= 4 is 5.82 Å². The second kappa shape index (κ2) is 7.21. The van der Waals surface area contributed by atoms with Gasteiger partial charge in [0.2, 0.25) is 0 Å². The fraction of sp³-hybridized carbons (Fsp3) is 0.765. The summed E-state index contributed by atoms with van der Waals surface area (Å²) in [7, 11) is 0. The first kappa shape index (κ1) is 16.2. The maximum absolute atomic E-state index is 6.02. The number of nitrogens with one attached hydrogen (secondary N) is 1. The Hall–Kier alpha value is -1.16. The molecule has 0 bridgehead atoms. The molecule has 1 saturated heterocycles. The Morgan fingerprint density at radius 3 is 2.76 bits per heavy atom. The Kier molecular flexibility index (Phi) is 5.57. The molecule has 1 atom stereocenters. The molecule has 0 radical (unpaired) electrons. The molecule has 0 amide bonds. The smallest absolute Gasteiger partial charge is 0.162 e. The lowest BCUT2D eigenvalue weighted by atomic mass is 9.94. The number of nitrogens with zero attached hydrogens (tertiary/aromatic N) is 2. The van der Waals surface area contributed by atoms with E-state index in [9.17, 15) is 0 Å². The van der Waals surface area contributed by atoms with Crippen molar-refractivity contribution < 1.29 is 4.74 Å². The van der Waals surface area contributed by atoms with E-state index in [1.54, 1.807) is 0 Å². The first-order chi connectivity index (χ1) is 10.0. The zero-order valence-electron chi connectivity index (χ0n) is 13.9. The summed E-state index contributed by atoms with van der Waals surface area (Å²) in [4.78, 5) is 9.53. The number of ether oxygens (including phenoxy) is 1. The molecule has 1 aromatic rings. The minimum Gasteiger partial charge on any atom is -0.370 e. The third-order valence-electron chi connectivity index (χ3n) is 3.89. The molecule has 118 valence electrons. The van der Waals surface area contributed by atoms with E-state index >= 15 is 0 Å². The average Bonchev–Trinajstić information content (AvgIpc) is 2.45. The summed E-state index contributed by atoms with van der Waals surface area (Å²) < 4.78 is 6.02. The molecule has 0 aliphatic carbocycles. The van der Waals surface area contributed by atoms with Gasteiger partial charge in [-0.2, -0.15) is 0 Å². The molecule has 2 rings (SSSR count). The molecular weight excluding hydrogens is 262 g/mol. The highest BCUT2D eigenvalue weighted by atomic mass is 16.5. The molecule has 1 aromatic heterocycles. The van der Waals surface area contributed by atoms with Crippen molar-refractivity contribution in [2.24, 2.45) is 5.92 Å². The molecule has 0 aromatic carbocycles. The largest absolute Gasteiger partial charge is 0.370 e. The van der Waals surface area contributed by atoms with Crippen LogP contribution in [0.4, 0.5) is 5.82 Å². The van der Waals surface area contributed by atoms with Crippen molar-refractivity contribution in [1.29, 1.82) is 0 Å². The fourth-order valence-electron chi connectivity index (χ4n) is 2.71. The molecule has 4 heteroatoms. The van der Waals surface area contributed by atoms with E-state index in [4.69, 9.17) is 14.7 Å². The van der Waals surface area contributed by atoms with Gasteiger partial charge in [-0.05, 0) is 44.9 Å². The highest BCUT2D eigenvalue weighted by Gasteiger charge is 2.33. The van der Waals surface area contributed by atoms with E-state index in [-0.39, 0.29) is 5.60 Å². The van der Waals surface area contributed by atoms with Gasteiger partial charge in [0, 0.05) is 24.9 Å². The van der Waals surface area contributed by atoms with E-state index < -0.39 is 0 Å². The molecule has 1 unspecified atom stereocenters. The predicted octanol–water partition coefficient (Wildman–Crippen LogP) is 3.91. The second-order valence-corrected chi connectivity index (χ2v) is 6.63. The molecule has 0 saturated carbocycles. The van der Waals surface area contributed by atoms with Crippen LogP contribution in [-0.2, 0) is 16.8 Å². The third kappa shape index (κ3) is 4.40. The molecular formula is C17H29N3O. The Morgan fingerprint density at radius 2 is 2.14 bits per heavy atom. The van der Waals surface area contributed by atoms with Crippen molar-refractivity contribution in [2.45, 2.75) is 65.4 Å². The van der Waals surface area contributed by atoms with E-state index in [1.165, 1.54) is 6.42 Å². The quantitative estimate of drug-likeness (QED) is 0.863. The van der Waals surface area contributed by atoms with Gasteiger partial charge in [-0.25, -0.2) is 9.97 Å². The maximum Gasteiger partial charge on any atom is 0.162 e. The third-order valence-corrected chi connectivity index (χ3v) is 3.89. The molecule has 1 fully saturated rings. The molecule has 1 aliphatic heterocycles. The molecule has 4 nitrogen and oxygen atoms in total. The zero-order valence-corrected chi connectivity index (χ0v) is 13.9. The van der Waals surface area contributed by atoms with Crippen LogP contribution in [0, 0.1) is 5.92 Å². The highest BCUT2D eigenvalue weighted by molar-refractivity contribution is 5.37. The summed E-state index contributed by atoms with van der Waals surface area (Å²) in [6, 6.07) is 2.09. The van der Waals surface area contributed by atoms with Gasteiger partial charge in [-0.15, -0.1) is 0 Å². The van der Waals surface area contributed by atoms with Crippen molar-refractivity contribution in [3.8, 4) is 0 Å². The minimum absolute atomic E-state index is 0.326. The first-order valence-corrected chi connectivity index (χ1v) is 8.30. The van der Waals surface area contributed by atoms with Gasteiger partial charge in [0.1, 0.15) is 11.4 Å². The summed E-state index contributed by atoms with van der Waals surface area (Å²) in [5.41, 5.74) is 0.789. The number of rotatable bonds is 6. The van der Waals surface area contributed by atoms with Crippen LogP contribution in [0.1, 0.15) is 64.9 Å². The predicted molar refractivity (Wildman–Crippen MR) is 86.5 cm³/mol. The van der Waals surface area contributed by atoms with Crippen LogP contribution >= 0.6 is 0 Å². The minimum atomic E-state index is -0.326. The van der Waals surface area contributed by atoms with Crippen LogP contribution in [0.15, 0.2) is 6.07 Å². The number of anilines is 1. The van der Waals surface area contributed by atoms with Gasteiger partial charge in [-0.3, -0.25) is 0 Å². The molecule has 0 spiro atoms. The standard InChI is InChI=1S/C17H29N3O/c1-5-9-18-15-12-14(11-13(2)3)19-16(20-15)17(4)8-6-7-10-21-17/h12-13H,5-11H2,1-4H3,(H,18,19,20). The van der Waals surface area contributed by atoms with E-state index in [2.05, 4.69) is 39.1 Å². The normalized spacial score (nSPS) is 22.5. The van der Waals surface area contributed by atoms with Crippen LogP contribution in [0.3, 0.4) is 0 Å². The van der Waals surface area contributed by atoms with Crippen LogP contribution in [0.2, 0.25) is 0 Å². The molecule has 1 N–H and O–H groups in total. The first-order valence-electron chi connectivity index (χ1n) is 8.30. The Labute approximate surface area is 128 Å². The lowest BCUT2D eigenvalue weighted by Crippen LogP contribution is -2.33. The van der Waals surface area contributed by atoms with E-state index in [1.807, 2.05) is 0 Å². The Morgan fingerprint density at radius 1 is 1.33 bits per heavy atom. The van der Waals surface area contributed by atoms with Crippen molar-refractivity contribution in [2.75, 3.05) is 18.5 Å². The summed E-state index contributed by atoms with van der Waals surface area (Å²) in [5, 5.41) is 3.40. The van der Waals surface area contributed by atoms with Gasteiger partial charge in [0.05, 0.1) is 0 Å². The van der Waals surface area contributed by atoms with Crippen molar-refractivity contribution in [3.05, 3.63) is 17.6 Å². The van der Waals surface area contributed by atoms with Crippen molar-refractivity contribution in [1.82, 2.24) is 9.97 Å². The zero-order chi connectivity index (χ0) is 15.3. The van der Waals surface area contributed by atoms with Crippen LogP contribution in [0.5, 0.6) is 0 Å². The molecule has 1 aliphatic rings. The average molecular weight is 291 g/mol. The number of hydrogen-bond acceptors (Lipinski definition) is 4. The van der Waals surface area contributed by atoms with E-state index in [0.29, 0.717) is 5.92 Å². The summed E-state index contributed by atoms with van der Waals surface area (Å²) in [6.07, 6.45) is 5.40. The fourth-order valence-corrected chi connectivity index (χ4v) is 2.71. The molecule has 21 heavy (non-hydrogen) atoms. The van der Waals surface area contributed by atoms with Crippen LogP contribution < -0.4 is 5.32 Å². The van der Waals surface area contributed by atoms with Gasteiger partial charge in [0.15, 0.2) is 5.82 Å². The SMILES string of the molecule is CCCNc1cc(CC(C)C)nc(C2(C)CCCCO2)n1.